The number of carbonyl (C=O) groups is 1. The van der Waals surface area contributed by atoms with E-state index in [2.05, 4.69) is 14.9 Å². The van der Waals surface area contributed by atoms with Gasteiger partial charge in [-0.05, 0) is 37.2 Å². The lowest BCUT2D eigenvalue weighted by Crippen LogP contribution is -2.38. The Bertz CT molecular complexity index is 503. The third-order valence-electron chi connectivity index (χ3n) is 5.14. The summed E-state index contributed by atoms with van der Waals surface area (Å²) in [5, 5.41) is 0. The van der Waals surface area contributed by atoms with Crippen molar-refractivity contribution in [1.29, 1.82) is 0 Å². The van der Waals surface area contributed by atoms with Gasteiger partial charge in [-0.1, -0.05) is 0 Å². The van der Waals surface area contributed by atoms with Gasteiger partial charge in [0.15, 0.2) is 0 Å². The van der Waals surface area contributed by atoms with Gasteiger partial charge in [0.2, 0.25) is 11.9 Å². The number of methoxy groups -OCH3 is 1. The van der Waals surface area contributed by atoms with Gasteiger partial charge < -0.3 is 14.5 Å². The van der Waals surface area contributed by atoms with Crippen LogP contribution in [0.5, 0.6) is 0 Å². The van der Waals surface area contributed by atoms with Crippen LogP contribution < -0.4 is 4.90 Å². The molecule has 2 fully saturated rings. The standard InChI is InChI=1S/C17H26N4O2/c1-23-12-6-16(22)21-11-5-15(13-21)14-3-9-20(10-4-14)17-18-7-2-8-19-17/h2,7-8,14-15H,3-6,9-13H2,1H3/t15-/m0/s1. The molecule has 2 aliphatic heterocycles. The van der Waals surface area contributed by atoms with E-state index >= 15 is 0 Å². The molecule has 0 spiro atoms. The van der Waals surface area contributed by atoms with Gasteiger partial charge in [0.25, 0.3) is 0 Å². The molecule has 1 aromatic heterocycles. The van der Waals surface area contributed by atoms with E-state index in [1.54, 1.807) is 19.5 Å². The molecule has 1 amide bonds. The average Bonchev–Trinajstić information content (AvgIpc) is 3.11. The van der Waals surface area contributed by atoms with Gasteiger partial charge in [-0.25, -0.2) is 9.97 Å². The molecule has 6 heteroatoms. The van der Waals surface area contributed by atoms with Gasteiger partial charge in [0, 0.05) is 45.7 Å². The van der Waals surface area contributed by atoms with Crippen molar-refractivity contribution in [3.63, 3.8) is 0 Å². The van der Waals surface area contributed by atoms with Crippen molar-refractivity contribution in [2.45, 2.75) is 25.7 Å². The van der Waals surface area contributed by atoms with E-state index in [4.69, 9.17) is 4.74 Å². The number of hydrogen-bond acceptors (Lipinski definition) is 5. The third kappa shape index (κ3) is 3.99. The molecule has 0 saturated carbocycles. The third-order valence-corrected chi connectivity index (χ3v) is 5.14. The highest BCUT2D eigenvalue weighted by Crippen LogP contribution is 2.32. The molecule has 0 N–H and O–H groups in total. The molecule has 1 atom stereocenters. The quantitative estimate of drug-likeness (QED) is 0.825. The Labute approximate surface area is 137 Å². The summed E-state index contributed by atoms with van der Waals surface area (Å²) in [5.74, 6) is 2.45. The largest absolute Gasteiger partial charge is 0.384 e. The lowest BCUT2D eigenvalue weighted by molar-refractivity contribution is -0.131. The van der Waals surface area contributed by atoms with E-state index in [9.17, 15) is 4.79 Å². The molecule has 3 heterocycles. The molecule has 0 aromatic carbocycles. The summed E-state index contributed by atoms with van der Waals surface area (Å²) >= 11 is 0. The maximum Gasteiger partial charge on any atom is 0.225 e. The second-order valence-electron chi connectivity index (χ2n) is 6.50. The number of rotatable bonds is 5. The van der Waals surface area contributed by atoms with Crippen LogP contribution in [-0.2, 0) is 9.53 Å². The summed E-state index contributed by atoms with van der Waals surface area (Å²) in [6.45, 7) is 4.39. The Hall–Kier alpha value is -1.69. The van der Waals surface area contributed by atoms with Crippen molar-refractivity contribution in [2.24, 2.45) is 11.8 Å². The molecule has 126 valence electrons. The minimum absolute atomic E-state index is 0.240. The Balaban J connectivity index is 1.46. The highest BCUT2D eigenvalue weighted by Gasteiger charge is 2.33. The highest BCUT2D eigenvalue weighted by molar-refractivity contribution is 5.76. The number of hydrogen-bond donors (Lipinski definition) is 0. The molecule has 0 unspecified atom stereocenters. The predicted octanol–water partition coefficient (Wildman–Crippen LogP) is 1.58. The number of piperidine rings is 1. The molecule has 0 bridgehead atoms. The second-order valence-corrected chi connectivity index (χ2v) is 6.50. The van der Waals surface area contributed by atoms with Crippen LogP contribution in [0.25, 0.3) is 0 Å². The summed E-state index contributed by atoms with van der Waals surface area (Å²) in [6.07, 6.45) is 7.59. The van der Waals surface area contributed by atoms with Crippen molar-refractivity contribution in [1.82, 2.24) is 14.9 Å². The van der Waals surface area contributed by atoms with Crippen LogP contribution in [0.15, 0.2) is 18.5 Å². The monoisotopic (exact) mass is 318 g/mol. The zero-order valence-corrected chi connectivity index (χ0v) is 13.9. The summed E-state index contributed by atoms with van der Waals surface area (Å²) in [4.78, 5) is 25.1. The second kappa shape index (κ2) is 7.73. The van der Waals surface area contributed by atoms with Crippen molar-refractivity contribution < 1.29 is 9.53 Å². The van der Waals surface area contributed by atoms with E-state index in [0.717, 1.165) is 44.5 Å². The van der Waals surface area contributed by atoms with Crippen molar-refractivity contribution in [3.8, 4) is 0 Å². The number of aromatic nitrogens is 2. The maximum absolute atomic E-state index is 12.1. The number of likely N-dealkylation sites (tertiary alicyclic amines) is 1. The summed E-state index contributed by atoms with van der Waals surface area (Å²) in [5.41, 5.74) is 0. The molecule has 2 saturated heterocycles. The predicted molar refractivity (Wildman–Crippen MR) is 88.1 cm³/mol. The van der Waals surface area contributed by atoms with Crippen molar-refractivity contribution in [3.05, 3.63) is 18.5 Å². The fraction of sp³-hybridized carbons (Fsp3) is 0.706. The summed E-state index contributed by atoms with van der Waals surface area (Å²) in [7, 11) is 1.64. The SMILES string of the molecule is COCCC(=O)N1CC[C@H](C2CCN(c3ncccn3)CC2)C1. The van der Waals surface area contributed by atoms with Gasteiger partial charge in [0.1, 0.15) is 0 Å². The van der Waals surface area contributed by atoms with Gasteiger partial charge >= 0.3 is 0 Å². The van der Waals surface area contributed by atoms with E-state index in [1.807, 2.05) is 11.0 Å². The lowest BCUT2D eigenvalue weighted by Gasteiger charge is -2.34. The molecule has 0 radical (unpaired) electrons. The Morgan fingerprint density at radius 1 is 1.17 bits per heavy atom. The average molecular weight is 318 g/mol. The molecule has 3 rings (SSSR count). The van der Waals surface area contributed by atoms with Crippen LogP contribution in [0, 0.1) is 11.8 Å². The first kappa shape index (κ1) is 16.2. The van der Waals surface area contributed by atoms with Crippen LogP contribution >= 0.6 is 0 Å². The first-order valence-electron chi connectivity index (χ1n) is 8.56. The Morgan fingerprint density at radius 2 is 1.87 bits per heavy atom. The molecular weight excluding hydrogens is 292 g/mol. The van der Waals surface area contributed by atoms with Crippen molar-refractivity contribution in [2.75, 3.05) is 44.8 Å². The summed E-state index contributed by atoms with van der Waals surface area (Å²) in [6, 6.07) is 1.85. The molecule has 0 aliphatic carbocycles. The zero-order valence-electron chi connectivity index (χ0n) is 13.9. The normalized spacial score (nSPS) is 22.6. The smallest absolute Gasteiger partial charge is 0.225 e. The fourth-order valence-electron chi connectivity index (χ4n) is 3.77. The minimum atomic E-state index is 0.240. The van der Waals surface area contributed by atoms with E-state index < -0.39 is 0 Å². The molecule has 23 heavy (non-hydrogen) atoms. The topological polar surface area (TPSA) is 58.6 Å². The van der Waals surface area contributed by atoms with Gasteiger partial charge in [-0.15, -0.1) is 0 Å². The number of anilines is 1. The van der Waals surface area contributed by atoms with E-state index in [1.165, 1.54) is 12.8 Å². The zero-order chi connectivity index (χ0) is 16.1. The Morgan fingerprint density at radius 3 is 2.57 bits per heavy atom. The van der Waals surface area contributed by atoms with Crippen LogP contribution in [-0.4, -0.2) is 60.7 Å². The molecular formula is C17H26N4O2. The van der Waals surface area contributed by atoms with Crippen LogP contribution in [0.4, 0.5) is 5.95 Å². The molecule has 2 aliphatic rings. The summed E-state index contributed by atoms with van der Waals surface area (Å²) < 4.78 is 5.00. The lowest BCUT2D eigenvalue weighted by atomic mass is 9.84. The number of carbonyl (C=O) groups excluding carboxylic acids is 1. The number of amides is 1. The van der Waals surface area contributed by atoms with Crippen LogP contribution in [0.1, 0.15) is 25.7 Å². The van der Waals surface area contributed by atoms with E-state index in [-0.39, 0.29) is 5.91 Å². The van der Waals surface area contributed by atoms with Gasteiger partial charge in [-0.2, -0.15) is 0 Å². The highest BCUT2D eigenvalue weighted by atomic mass is 16.5. The van der Waals surface area contributed by atoms with E-state index in [0.29, 0.717) is 18.9 Å². The van der Waals surface area contributed by atoms with Crippen molar-refractivity contribution >= 4 is 11.9 Å². The van der Waals surface area contributed by atoms with Gasteiger partial charge in [-0.3, -0.25) is 4.79 Å². The molecule has 1 aromatic rings. The van der Waals surface area contributed by atoms with Crippen LogP contribution in [0.2, 0.25) is 0 Å². The maximum atomic E-state index is 12.1. The number of ether oxygens (including phenoxy) is 1. The minimum Gasteiger partial charge on any atom is -0.384 e. The Kier molecular flexibility index (Phi) is 5.43. The van der Waals surface area contributed by atoms with Gasteiger partial charge in [0.05, 0.1) is 13.0 Å². The first-order chi connectivity index (χ1) is 11.3. The first-order valence-corrected chi connectivity index (χ1v) is 8.56. The molecule has 6 nitrogen and oxygen atoms in total. The number of nitrogens with zero attached hydrogens (tertiary/aromatic N) is 4. The fourth-order valence-corrected chi connectivity index (χ4v) is 3.77. The van der Waals surface area contributed by atoms with Crippen LogP contribution in [0.3, 0.4) is 0 Å².